The van der Waals surface area contributed by atoms with Gasteiger partial charge in [-0.3, -0.25) is 4.79 Å². The highest BCUT2D eigenvalue weighted by atomic mass is 79.9. The van der Waals surface area contributed by atoms with E-state index in [9.17, 15) is 4.79 Å². The predicted octanol–water partition coefficient (Wildman–Crippen LogP) is 6.46. The molecule has 1 aromatic heterocycles. The summed E-state index contributed by atoms with van der Waals surface area (Å²) < 4.78 is 19.6. The second-order valence-corrected chi connectivity index (χ2v) is 11.3. The van der Waals surface area contributed by atoms with Crippen LogP contribution in [0.4, 0.5) is 5.69 Å². The van der Waals surface area contributed by atoms with Crippen LogP contribution in [-0.2, 0) is 6.61 Å². The van der Waals surface area contributed by atoms with Crippen molar-refractivity contribution >= 4 is 38.7 Å². The number of halogens is 1. The van der Waals surface area contributed by atoms with Gasteiger partial charge in [-0.1, -0.05) is 41.3 Å². The largest absolute Gasteiger partial charge is 0.488 e. The molecule has 206 valence electrons. The molecule has 1 aliphatic carbocycles. The summed E-state index contributed by atoms with van der Waals surface area (Å²) in [5.41, 5.74) is 3.25. The third-order valence-corrected chi connectivity index (χ3v) is 7.95. The Morgan fingerprint density at radius 2 is 1.88 bits per heavy atom. The van der Waals surface area contributed by atoms with Gasteiger partial charge in [0.2, 0.25) is 6.79 Å². The molecule has 0 amide bonds. The lowest BCUT2D eigenvalue weighted by atomic mass is 9.88. The molecule has 0 bridgehead atoms. The standard InChI is InChI=1S/C31H31BrN4O4/c1-35(2)24-11-9-22(28(16-24)38-18-20-8-13-27-29(14-20)40-19-39-27)17-33-36-30(21-6-4-3-5-7-21)34-26-12-10-23(32)15-25(26)31(36)37/h8-17,21H,3-7,18-19H2,1-2H3. The average molecular weight is 604 g/mol. The normalized spacial score (nSPS) is 15.2. The second kappa shape index (κ2) is 11.3. The van der Waals surface area contributed by atoms with E-state index in [-0.39, 0.29) is 18.3 Å². The van der Waals surface area contributed by atoms with E-state index in [1.165, 1.54) is 11.1 Å². The minimum atomic E-state index is -0.170. The highest BCUT2D eigenvalue weighted by Crippen LogP contribution is 2.34. The monoisotopic (exact) mass is 602 g/mol. The van der Waals surface area contributed by atoms with Crippen LogP contribution >= 0.6 is 15.9 Å². The summed E-state index contributed by atoms with van der Waals surface area (Å²) in [6.07, 6.45) is 7.19. The quantitative estimate of drug-likeness (QED) is 0.226. The van der Waals surface area contributed by atoms with Crippen molar-refractivity contribution in [1.29, 1.82) is 0 Å². The molecule has 40 heavy (non-hydrogen) atoms. The molecule has 9 heteroatoms. The smallest absolute Gasteiger partial charge is 0.282 e. The minimum Gasteiger partial charge on any atom is -0.488 e. The fourth-order valence-electron chi connectivity index (χ4n) is 5.25. The van der Waals surface area contributed by atoms with Gasteiger partial charge in [0.05, 0.1) is 17.1 Å². The van der Waals surface area contributed by atoms with E-state index in [2.05, 4.69) is 15.9 Å². The first-order valence-corrected chi connectivity index (χ1v) is 14.3. The zero-order valence-electron chi connectivity index (χ0n) is 22.6. The number of anilines is 1. The van der Waals surface area contributed by atoms with Gasteiger partial charge in [-0.25, -0.2) is 4.98 Å². The molecule has 2 aliphatic rings. The van der Waals surface area contributed by atoms with Crippen molar-refractivity contribution in [3.63, 3.8) is 0 Å². The number of hydrogen-bond acceptors (Lipinski definition) is 7. The Morgan fingerprint density at radius 1 is 1.05 bits per heavy atom. The van der Waals surface area contributed by atoms with E-state index >= 15 is 0 Å². The Hall–Kier alpha value is -3.85. The fraction of sp³-hybridized carbons (Fsp3) is 0.323. The number of hydrogen-bond donors (Lipinski definition) is 0. The van der Waals surface area contributed by atoms with Gasteiger partial charge < -0.3 is 19.1 Å². The van der Waals surface area contributed by atoms with Crippen molar-refractivity contribution in [2.75, 3.05) is 25.8 Å². The second-order valence-electron chi connectivity index (χ2n) is 10.4. The Kier molecular flexibility index (Phi) is 7.47. The number of fused-ring (bicyclic) bond motifs is 2. The lowest BCUT2D eigenvalue weighted by Gasteiger charge is -2.23. The van der Waals surface area contributed by atoms with E-state index in [4.69, 9.17) is 24.3 Å². The molecule has 0 unspecified atom stereocenters. The number of benzene rings is 3. The van der Waals surface area contributed by atoms with Gasteiger partial charge in [-0.05, 0) is 60.9 Å². The maximum Gasteiger partial charge on any atom is 0.282 e. The molecule has 4 aromatic rings. The summed E-state index contributed by atoms with van der Waals surface area (Å²) in [4.78, 5) is 20.7. The van der Waals surface area contributed by atoms with Gasteiger partial charge in [-0.15, -0.1) is 0 Å². The van der Waals surface area contributed by atoms with E-state index in [1.807, 2.05) is 73.6 Å². The molecular weight excluding hydrogens is 572 g/mol. The van der Waals surface area contributed by atoms with Crippen LogP contribution in [0.2, 0.25) is 0 Å². The minimum absolute atomic E-state index is 0.170. The van der Waals surface area contributed by atoms with Crippen molar-refractivity contribution in [3.05, 3.63) is 86.4 Å². The Labute approximate surface area is 241 Å². The first kappa shape index (κ1) is 26.4. The molecule has 2 heterocycles. The van der Waals surface area contributed by atoms with Crippen LogP contribution in [0.3, 0.4) is 0 Å². The lowest BCUT2D eigenvalue weighted by molar-refractivity contribution is 0.174. The van der Waals surface area contributed by atoms with E-state index in [1.54, 1.807) is 6.21 Å². The van der Waals surface area contributed by atoms with Gasteiger partial charge in [0.1, 0.15) is 18.2 Å². The van der Waals surface area contributed by atoms with E-state index < -0.39 is 0 Å². The molecule has 0 saturated heterocycles. The van der Waals surface area contributed by atoms with Crippen LogP contribution in [-0.4, -0.2) is 36.8 Å². The van der Waals surface area contributed by atoms with Gasteiger partial charge >= 0.3 is 0 Å². The van der Waals surface area contributed by atoms with Crippen LogP contribution in [0.25, 0.3) is 10.9 Å². The first-order chi connectivity index (χ1) is 19.5. The molecular formula is C31H31BrN4O4. The van der Waals surface area contributed by atoms with Gasteiger partial charge in [0, 0.05) is 41.8 Å². The van der Waals surface area contributed by atoms with Gasteiger partial charge in [-0.2, -0.15) is 9.78 Å². The van der Waals surface area contributed by atoms with Crippen molar-refractivity contribution in [3.8, 4) is 17.2 Å². The van der Waals surface area contributed by atoms with Gasteiger partial charge in [0.15, 0.2) is 11.5 Å². The molecule has 8 nitrogen and oxygen atoms in total. The Morgan fingerprint density at radius 3 is 2.70 bits per heavy atom. The summed E-state index contributed by atoms with van der Waals surface area (Å²) in [6.45, 7) is 0.571. The summed E-state index contributed by atoms with van der Waals surface area (Å²) in [5, 5.41) is 5.28. The van der Waals surface area contributed by atoms with Gasteiger partial charge in [0.25, 0.3) is 5.56 Å². The number of nitrogens with zero attached hydrogens (tertiary/aromatic N) is 4. The number of ether oxygens (including phenoxy) is 3. The predicted molar refractivity (Wildman–Crippen MR) is 160 cm³/mol. The average Bonchev–Trinajstić information content (AvgIpc) is 3.44. The Bertz CT molecular complexity index is 1640. The molecule has 6 rings (SSSR count). The highest BCUT2D eigenvalue weighted by Gasteiger charge is 2.23. The highest BCUT2D eigenvalue weighted by molar-refractivity contribution is 9.10. The van der Waals surface area contributed by atoms with Crippen molar-refractivity contribution in [1.82, 2.24) is 9.66 Å². The summed E-state index contributed by atoms with van der Waals surface area (Å²) in [7, 11) is 3.97. The van der Waals surface area contributed by atoms with Crippen LogP contribution < -0.4 is 24.7 Å². The van der Waals surface area contributed by atoms with Crippen molar-refractivity contribution in [2.45, 2.75) is 44.6 Å². The number of aromatic nitrogens is 2. The fourth-order valence-corrected chi connectivity index (χ4v) is 5.61. The van der Waals surface area contributed by atoms with Crippen LogP contribution in [0.1, 0.15) is 55.0 Å². The zero-order valence-corrected chi connectivity index (χ0v) is 24.2. The zero-order chi connectivity index (χ0) is 27.6. The molecule has 0 N–H and O–H groups in total. The first-order valence-electron chi connectivity index (χ1n) is 13.6. The third-order valence-electron chi connectivity index (χ3n) is 7.46. The maximum atomic E-state index is 13.7. The number of rotatable bonds is 7. The molecule has 0 spiro atoms. The summed E-state index contributed by atoms with van der Waals surface area (Å²) in [6, 6.07) is 17.4. The lowest BCUT2D eigenvalue weighted by Crippen LogP contribution is -2.25. The van der Waals surface area contributed by atoms with E-state index in [0.717, 1.165) is 64.3 Å². The molecule has 3 aromatic carbocycles. The SMILES string of the molecule is CN(C)c1ccc(C=Nn2c(C3CCCCC3)nc3ccc(Br)cc3c2=O)c(OCc2ccc3c(c2)OCO3)c1. The topological polar surface area (TPSA) is 78.2 Å². The summed E-state index contributed by atoms with van der Waals surface area (Å²) in [5.74, 6) is 3.04. The van der Waals surface area contributed by atoms with Crippen molar-refractivity contribution < 1.29 is 14.2 Å². The van der Waals surface area contributed by atoms with E-state index in [0.29, 0.717) is 23.3 Å². The summed E-state index contributed by atoms with van der Waals surface area (Å²) >= 11 is 3.49. The molecule has 0 radical (unpaired) electrons. The third kappa shape index (κ3) is 5.43. The molecule has 1 saturated carbocycles. The molecule has 0 atom stereocenters. The Balaban J connectivity index is 1.37. The maximum absolute atomic E-state index is 13.7. The van der Waals surface area contributed by atoms with Crippen LogP contribution in [0, 0.1) is 0 Å². The molecule has 1 fully saturated rings. The van der Waals surface area contributed by atoms with Crippen LogP contribution in [0.5, 0.6) is 17.2 Å². The van der Waals surface area contributed by atoms with Crippen LogP contribution in [0.15, 0.2) is 69.0 Å². The van der Waals surface area contributed by atoms with Crippen molar-refractivity contribution in [2.24, 2.45) is 5.10 Å². The molecule has 1 aliphatic heterocycles.